The fourth-order valence-electron chi connectivity index (χ4n) is 2.01. The van der Waals surface area contributed by atoms with Crippen molar-refractivity contribution in [2.45, 2.75) is 25.6 Å². The van der Waals surface area contributed by atoms with Gasteiger partial charge in [0.25, 0.3) is 0 Å². The van der Waals surface area contributed by atoms with E-state index in [1.165, 1.54) is 12.1 Å². The number of alkyl halides is 3. The van der Waals surface area contributed by atoms with Gasteiger partial charge < -0.3 is 15.0 Å². The molecule has 1 N–H and O–H groups in total. The van der Waals surface area contributed by atoms with E-state index in [1.54, 1.807) is 19.2 Å². The molecule has 1 aromatic rings. The molecule has 8 heteroatoms. The van der Waals surface area contributed by atoms with Crippen molar-refractivity contribution in [2.24, 2.45) is 4.99 Å². The van der Waals surface area contributed by atoms with Gasteiger partial charge in [0.05, 0.1) is 0 Å². The summed E-state index contributed by atoms with van der Waals surface area (Å²) in [6.45, 7) is 3.79. The van der Waals surface area contributed by atoms with Gasteiger partial charge in [-0.15, -0.1) is 30.6 Å². The van der Waals surface area contributed by atoms with Crippen LogP contribution in [0.2, 0.25) is 0 Å². The third kappa shape index (κ3) is 10.2. The molecule has 0 fully saturated rings. The first-order valence-electron chi connectivity index (χ1n) is 7.67. The van der Waals surface area contributed by atoms with Crippen LogP contribution >= 0.6 is 24.0 Å². The number of guanidine groups is 1. The molecule has 0 saturated carbocycles. The average molecular weight is 471 g/mol. The highest BCUT2D eigenvalue weighted by Gasteiger charge is 2.28. The Hall–Kier alpha value is -1.45. The van der Waals surface area contributed by atoms with Crippen molar-refractivity contribution >= 4 is 29.9 Å². The first-order valence-corrected chi connectivity index (χ1v) is 7.67. The number of aliphatic imine (C=N–C) groups is 1. The maximum atomic E-state index is 12.1. The largest absolute Gasteiger partial charge is 0.484 e. The van der Waals surface area contributed by atoms with E-state index in [0.29, 0.717) is 6.54 Å². The Morgan fingerprint density at radius 3 is 2.48 bits per heavy atom. The van der Waals surface area contributed by atoms with E-state index < -0.39 is 12.8 Å². The van der Waals surface area contributed by atoms with Crippen molar-refractivity contribution in [1.29, 1.82) is 0 Å². The summed E-state index contributed by atoms with van der Waals surface area (Å²) in [6, 6.07) is 6.51. The van der Waals surface area contributed by atoms with E-state index in [1.807, 2.05) is 18.0 Å². The zero-order valence-corrected chi connectivity index (χ0v) is 16.8. The third-order valence-electron chi connectivity index (χ3n) is 3.25. The van der Waals surface area contributed by atoms with Crippen LogP contribution in [0.1, 0.15) is 18.4 Å². The van der Waals surface area contributed by atoms with Crippen molar-refractivity contribution in [3.05, 3.63) is 42.5 Å². The zero-order valence-electron chi connectivity index (χ0n) is 14.5. The molecule has 0 unspecified atom stereocenters. The summed E-state index contributed by atoms with van der Waals surface area (Å²) < 4.78 is 41.0. The second-order valence-electron chi connectivity index (χ2n) is 5.30. The van der Waals surface area contributed by atoms with E-state index in [9.17, 15) is 13.2 Å². The van der Waals surface area contributed by atoms with Crippen LogP contribution in [0.3, 0.4) is 0 Å². The minimum absolute atomic E-state index is 0. The molecule has 1 aromatic carbocycles. The Morgan fingerprint density at radius 1 is 1.32 bits per heavy atom. The predicted molar refractivity (Wildman–Crippen MR) is 106 cm³/mol. The fraction of sp³-hybridized carbons (Fsp3) is 0.471. The number of nitrogens with zero attached hydrogens (tertiary/aromatic N) is 2. The van der Waals surface area contributed by atoms with Crippen molar-refractivity contribution in [2.75, 3.05) is 27.2 Å². The normalized spacial score (nSPS) is 11.5. The number of nitrogens with one attached hydrogen (secondary N) is 1. The Balaban J connectivity index is 0.00000576. The Morgan fingerprint density at radius 2 is 1.96 bits per heavy atom. The van der Waals surface area contributed by atoms with E-state index in [-0.39, 0.29) is 29.7 Å². The Labute approximate surface area is 164 Å². The smallest absolute Gasteiger partial charge is 0.422 e. The van der Waals surface area contributed by atoms with Gasteiger partial charge in [-0.3, -0.25) is 4.99 Å². The van der Waals surface area contributed by atoms with Crippen molar-refractivity contribution < 1.29 is 17.9 Å². The number of unbranched alkanes of at least 4 members (excludes halogenated alkanes) is 1. The minimum atomic E-state index is -4.33. The highest BCUT2D eigenvalue weighted by atomic mass is 127. The highest BCUT2D eigenvalue weighted by Crippen LogP contribution is 2.18. The molecule has 0 radical (unpaired) electrons. The van der Waals surface area contributed by atoms with Gasteiger partial charge in [-0.2, -0.15) is 13.2 Å². The van der Waals surface area contributed by atoms with Gasteiger partial charge >= 0.3 is 6.18 Å². The number of rotatable bonds is 8. The molecule has 4 nitrogen and oxygen atoms in total. The van der Waals surface area contributed by atoms with Crippen LogP contribution in [-0.2, 0) is 6.54 Å². The van der Waals surface area contributed by atoms with Gasteiger partial charge in [-0.25, -0.2) is 0 Å². The van der Waals surface area contributed by atoms with Crippen molar-refractivity contribution in [3.8, 4) is 5.75 Å². The summed E-state index contributed by atoms with van der Waals surface area (Å²) in [5.74, 6) is 0.957. The molecule has 0 aliphatic heterocycles. The summed E-state index contributed by atoms with van der Waals surface area (Å²) in [7, 11) is 3.66. The van der Waals surface area contributed by atoms with Gasteiger partial charge in [0.15, 0.2) is 12.6 Å². The first kappa shape index (κ1) is 23.5. The zero-order chi connectivity index (χ0) is 18.0. The van der Waals surface area contributed by atoms with E-state index in [2.05, 4.69) is 21.6 Å². The molecule has 0 heterocycles. The molecule has 0 saturated heterocycles. The Bertz CT molecular complexity index is 533. The lowest BCUT2D eigenvalue weighted by atomic mass is 10.2. The quantitative estimate of drug-likeness (QED) is 0.203. The number of halogens is 4. The van der Waals surface area contributed by atoms with Crippen molar-refractivity contribution in [1.82, 2.24) is 10.2 Å². The molecule has 1 rings (SSSR count). The van der Waals surface area contributed by atoms with Gasteiger partial charge in [-0.1, -0.05) is 18.2 Å². The van der Waals surface area contributed by atoms with Crippen LogP contribution in [0.25, 0.3) is 0 Å². The molecular weight excluding hydrogens is 446 g/mol. The second kappa shape index (κ2) is 12.0. The summed E-state index contributed by atoms with van der Waals surface area (Å²) >= 11 is 0. The maximum absolute atomic E-state index is 12.1. The van der Waals surface area contributed by atoms with Crippen molar-refractivity contribution in [3.63, 3.8) is 0 Å². The van der Waals surface area contributed by atoms with Crippen LogP contribution in [0.15, 0.2) is 41.9 Å². The Kier molecular flexibility index (Phi) is 11.3. The predicted octanol–water partition coefficient (Wildman–Crippen LogP) is 4.22. The van der Waals surface area contributed by atoms with Gasteiger partial charge in [0.1, 0.15) is 5.75 Å². The van der Waals surface area contributed by atoms with Crippen LogP contribution < -0.4 is 10.1 Å². The summed E-state index contributed by atoms with van der Waals surface area (Å²) in [6.07, 6.45) is -0.512. The van der Waals surface area contributed by atoms with Gasteiger partial charge in [-0.05, 0) is 30.5 Å². The summed E-state index contributed by atoms with van der Waals surface area (Å²) in [5.41, 5.74) is 0.926. The minimum Gasteiger partial charge on any atom is -0.484 e. The van der Waals surface area contributed by atoms with E-state index in [4.69, 9.17) is 0 Å². The van der Waals surface area contributed by atoms with Crippen LogP contribution in [0.4, 0.5) is 13.2 Å². The molecule has 0 bridgehead atoms. The number of allylic oxidation sites excluding steroid dienone is 1. The standard InChI is InChI=1S/C17H24F3N3O.HI/c1-4-5-6-11-23(3)16(21-2)22-12-14-7-9-15(10-8-14)24-13-17(18,19)20;/h4,7-10H,1,5-6,11-13H2,2-3H3,(H,21,22);1H. The van der Waals surface area contributed by atoms with Gasteiger partial charge in [0.2, 0.25) is 0 Å². The van der Waals surface area contributed by atoms with Crippen LogP contribution in [-0.4, -0.2) is 44.3 Å². The maximum Gasteiger partial charge on any atom is 0.422 e. The number of benzene rings is 1. The molecule has 25 heavy (non-hydrogen) atoms. The molecular formula is C17H25F3IN3O. The first-order chi connectivity index (χ1) is 11.4. The molecule has 0 aliphatic rings. The van der Waals surface area contributed by atoms with Crippen LogP contribution in [0.5, 0.6) is 5.75 Å². The van der Waals surface area contributed by atoms with E-state index >= 15 is 0 Å². The average Bonchev–Trinajstić information content (AvgIpc) is 2.54. The fourth-order valence-corrected chi connectivity index (χ4v) is 2.01. The molecule has 0 aromatic heterocycles. The third-order valence-corrected chi connectivity index (χ3v) is 3.25. The lowest BCUT2D eigenvalue weighted by Gasteiger charge is -2.22. The monoisotopic (exact) mass is 471 g/mol. The van der Waals surface area contributed by atoms with Crippen LogP contribution in [0, 0.1) is 0 Å². The highest BCUT2D eigenvalue weighted by molar-refractivity contribution is 14.0. The van der Waals surface area contributed by atoms with Gasteiger partial charge in [0, 0.05) is 27.2 Å². The summed E-state index contributed by atoms with van der Waals surface area (Å²) in [5, 5.41) is 3.22. The second-order valence-corrected chi connectivity index (χ2v) is 5.30. The summed E-state index contributed by atoms with van der Waals surface area (Å²) in [4.78, 5) is 6.23. The number of hydrogen-bond acceptors (Lipinski definition) is 2. The lowest BCUT2D eigenvalue weighted by Crippen LogP contribution is -2.38. The lowest BCUT2D eigenvalue weighted by molar-refractivity contribution is -0.153. The molecule has 0 spiro atoms. The van der Waals surface area contributed by atoms with E-state index in [0.717, 1.165) is 30.9 Å². The SMILES string of the molecule is C=CCCCN(C)C(=NC)NCc1ccc(OCC(F)(F)F)cc1.I. The topological polar surface area (TPSA) is 36.9 Å². The number of ether oxygens (including phenoxy) is 1. The molecule has 0 atom stereocenters. The molecule has 142 valence electrons. The molecule has 0 aliphatic carbocycles. The molecule has 0 amide bonds. The number of hydrogen-bond donors (Lipinski definition) is 1.